The van der Waals surface area contributed by atoms with Crippen LogP contribution < -0.4 is 11.1 Å². The Kier molecular flexibility index (Phi) is 10.1. The van der Waals surface area contributed by atoms with Crippen molar-refractivity contribution in [2.24, 2.45) is 11.1 Å². The summed E-state index contributed by atoms with van der Waals surface area (Å²) in [5.41, 5.74) is 5.63. The smallest absolute Gasteiger partial charge is 0.321 e. The van der Waals surface area contributed by atoms with Gasteiger partial charge in [-0.25, -0.2) is 0 Å². The molecule has 3 N–H and O–H groups in total. The summed E-state index contributed by atoms with van der Waals surface area (Å²) in [5, 5.41) is 3.29. The molecule has 0 aromatic heterocycles. The van der Waals surface area contributed by atoms with Crippen LogP contribution in [-0.4, -0.2) is 42.1 Å². The molecular formula is C12H30N2O2Si. The van der Waals surface area contributed by atoms with E-state index in [9.17, 15) is 0 Å². The maximum atomic E-state index is 5.92. The SMILES string of the molecule is CCO[SiH](CCCNCCN)OCC(C)(C)C. The van der Waals surface area contributed by atoms with Crippen LogP contribution in [0.1, 0.15) is 34.1 Å². The van der Waals surface area contributed by atoms with Crippen molar-refractivity contribution >= 4 is 9.28 Å². The van der Waals surface area contributed by atoms with Crippen molar-refractivity contribution in [1.82, 2.24) is 5.32 Å². The predicted octanol–water partition coefficient (Wildman–Crippen LogP) is 1.24. The quantitative estimate of drug-likeness (QED) is 0.459. The Morgan fingerprint density at radius 3 is 2.41 bits per heavy atom. The first-order valence-corrected chi connectivity index (χ1v) is 8.39. The molecule has 1 atom stereocenters. The molecule has 0 fully saturated rings. The number of hydrogen-bond donors (Lipinski definition) is 2. The molecule has 0 amide bonds. The Morgan fingerprint density at radius 1 is 1.18 bits per heavy atom. The van der Waals surface area contributed by atoms with Crippen molar-refractivity contribution in [3.05, 3.63) is 0 Å². The fourth-order valence-electron chi connectivity index (χ4n) is 1.36. The number of nitrogens with two attached hydrogens (primary N) is 1. The summed E-state index contributed by atoms with van der Waals surface area (Å²) >= 11 is 0. The highest BCUT2D eigenvalue weighted by Gasteiger charge is 2.17. The van der Waals surface area contributed by atoms with E-state index in [2.05, 4.69) is 26.1 Å². The zero-order valence-electron chi connectivity index (χ0n) is 11.9. The van der Waals surface area contributed by atoms with Crippen molar-refractivity contribution in [3.63, 3.8) is 0 Å². The van der Waals surface area contributed by atoms with Crippen LogP contribution in [0.25, 0.3) is 0 Å². The molecule has 0 heterocycles. The highest BCUT2D eigenvalue weighted by molar-refractivity contribution is 6.44. The highest BCUT2D eigenvalue weighted by Crippen LogP contribution is 2.15. The van der Waals surface area contributed by atoms with Gasteiger partial charge in [-0.3, -0.25) is 0 Å². The minimum atomic E-state index is -1.46. The third-order valence-corrected chi connectivity index (χ3v) is 4.29. The molecule has 4 nitrogen and oxygen atoms in total. The van der Waals surface area contributed by atoms with E-state index in [1.807, 2.05) is 6.92 Å². The Labute approximate surface area is 108 Å². The van der Waals surface area contributed by atoms with Crippen LogP contribution in [0.15, 0.2) is 0 Å². The van der Waals surface area contributed by atoms with E-state index >= 15 is 0 Å². The molecule has 104 valence electrons. The Hall–Kier alpha value is 0.0569. The van der Waals surface area contributed by atoms with Crippen LogP contribution in [0, 0.1) is 5.41 Å². The molecular weight excluding hydrogens is 232 g/mol. The summed E-state index contributed by atoms with van der Waals surface area (Å²) < 4.78 is 11.6. The van der Waals surface area contributed by atoms with Gasteiger partial charge in [0.2, 0.25) is 0 Å². The fourth-order valence-corrected chi connectivity index (χ4v) is 3.39. The van der Waals surface area contributed by atoms with Gasteiger partial charge in [-0.1, -0.05) is 20.8 Å². The van der Waals surface area contributed by atoms with Crippen molar-refractivity contribution in [3.8, 4) is 0 Å². The van der Waals surface area contributed by atoms with Gasteiger partial charge in [0.15, 0.2) is 0 Å². The van der Waals surface area contributed by atoms with Gasteiger partial charge in [-0.15, -0.1) is 0 Å². The molecule has 0 aliphatic heterocycles. The van der Waals surface area contributed by atoms with E-state index in [1.165, 1.54) is 0 Å². The van der Waals surface area contributed by atoms with Gasteiger partial charge in [0.25, 0.3) is 0 Å². The first-order chi connectivity index (χ1) is 7.99. The van der Waals surface area contributed by atoms with Gasteiger partial charge in [-0.2, -0.15) is 0 Å². The lowest BCUT2D eigenvalue weighted by Crippen LogP contribution is -2.30. The van der Waals surface area contributed by atoms with E-state index < -0.39 is 9.28 Å². The lowest BCUT2D eigenvalue weighted by molar-refractivity contribution is 0.144. The van der Waals surface area contributed by atoms with E-state index in [-0.39, 0.29) is 5.41 Å². The van der Waals surface area contributed by atoms with Crippen LogP contribution in [0.5, 0.6) is 0 Å². The molecule has 0 aliphatic rings. The summed E-state index contributed by atoms with van der Waals surface area (Å²) in [5.74, 6) is 0. The number of nitrogens with one attached hydrogen (secondary N) is 1. The second-order valence-electron chi connectivity index (χ2n) is 5.44. The molecule has 0 saturated carbocycles. The molecule has 0 saturated heterocycles. The topological polar surface area (TPSA) is 56.5 Å². The average Bonchev–Trinajstić information content (AvgIpc) is 2.24. The van der Waals surface area contributed by atoms with Gasteiger partial charge in [0, 0.05) is 26.3 Å². The molecule has 0 rings (SSSR count). The van der Waals surface area contributed by atoms with Crippen LogP contribution in [-0.2, 0) is 8.85 Å². The lowest BCUT2D eigenvalue weighted by atomic mass is 9.99. The van der Waals surface area contributed by atoms with E-state index in [0.29, 0.717) is 6.54 Å². The second-order valence-corrected chi connectivity index (χ2v) is 7.54. The summed E-state index contributed by atoms with van der Waals surface area (Å²) in [6.07, 6.45) is 1.11. The van der Waals surface area contributed by atoms with E-state index in [4.69, 9.17) is 14.6 Å². The third kappa shape index (κ3) is 12.3. The van der Waals surface area contributed by atoms with Crippen molar-refractivity contribution in [2.75, 3.05) is 32.8 Å². The van der Waals surface area contributed by atoms with Crippen molar-refractivity contribution in [2.45, 2.75) is 40.2 Å². The Balaban J connectivity index is 3.67. The van der Waals surface area contributed by atoms with Crippen LogP contribution in [0.4, 0.5) is 0 Å². The third-order valence-electron chi connectivity index (χ3n) is 2.17. The number of rotatable bonds is 10. The Morgan fingerprint density at radius 2 is 1.88 bits per heavy atom. The molecule has 0 bridgehead atoms. The summed E-state index contributed by atoms with van der Waals surface area (Å²) in [7, 11) is -1.46. The zero-order chi connectivity index (χ0) is 13.1. The van der Waals surface area contributed by atoms with Gasteiger partial charge in [-0.05, 0) is 31.3 Å². The first kappa shape index (κ1) is 17.1. The summed E-state index contributed by atoms with van der Waals surface area (Å²) in [6.45, 7) is 12.8. The Bertz CT molecular complexity index is 174. The van der Waals surface area contributed by atoms with Crippen molar-refractivity contribution < 1.29 is 8.85 Å². The maximum absolute atomic E-state index is 5.92. The molecule has 0 aliphatic carbocycles. The van der Waals surface area contributed by atoms with Gasteiger partial charge < -0.3 is 19.9 Å². The largest absolute Gasteiger partial charge is 0.397 e. The van der Waals surface area contributed by atoms with Crippen molar-refractivity contribution in [1.29, 1.82) is 0 Å². The monoisotopic (exact) mass is 262 g/mol. The maximum Gasteiger partial charge on any atom is 0.321 e. The molecule has 1 unspecified atom stereocenters. The standard InChI is InChI=1S/C12H30N2O2Si/c1-5-15-17(16-11-12(2,3)4)10-6-8-14-9-7-13/h14,17H,5-11,13H2,1-4H3. The van der Waals surface area contributed by atoms with Gasteiger partial charge in [0.05, 0.1) is 0 Å². The highest BCUT2D eigenvalue weighted by atomic mass is 28.3. The molecule has 0 spiro atoms. The summed E-state index contributed by atoms with van der Waals surface area (Å²) in [6, 6.07) is 1.07. The minimum Gasteiger partial charge on any atom is -0.397 e. The van der Waals surface area contributed by atoms with E-state index in [1.54, 1.807) is 0 Å². The average molecular weight is 262 g/mol. The van der Waals surface area contributed by atoms with Crippen LogP contribution >= 0.6 is 0 Å². The normalized spacial score (nSPS) is 13.9. The van der Waals surface area contributed by atoms with Gasteiger partial charge in [0.1, 0.15) is 0 Å². The van der Waals surface area contributed by atoms with Gasteiger partial charge >= 0.3 is 9.28 Å². The van der Waals surface area contributed by atoms with Crippen LogP contribution in [0.3, 0.4) is 0 Å². The zero-order valence-corrected chi connectivity index (χ0v) is 13.1. The van der Waals surface area contributed by atoms with E-state index in [0.717, 1.165) is 38.8 Å². The number of hydrogen-bond acceptors (Lipinski definition) is 4. The second kappa shape index (κ2) is 10.0. The lowest BCUT2D eigenvalue weighted by Gasteiger charge is -2.23. The fraction of sp³-hybridized carbons (Fsp3) is 1.00. The molecule has 0 aromatic carbocycles. The molecule has 0 aromatic rings. The summed E-state index contributed by atoms with van der Waals surface area (Å²) in [4.78, 5) is 0. The molecule has 0 radical (unpaired) electrons. The van der Waals surface area contributed by atoms with Crippen LogP contribution in [0.2, 0.25) is 6.04 Å². The first-order valence-electron chi connectivity index (χ1n) is 6.63. The molecule has 17 heavy (non-hydrogen) atoms. The minimum absolute atomic E-state index is 0.222. The molecule has 5 heteroatoms. The predicted molar refractivity (Wildman–Crippen MR) is 75.5 cm³/mol.